The molecular formula is C16H17N3O. The van der Waals surface area contributed by atoms with Crippen molar-refractivity contribution in [2.45, 2.75) is 38.1 Å². The first-order chi connectivity index (χ1) is 9.79. The van der Waals surface area contributed by atoms with Crippen molar-refractivity contribution in [3.8, 4) is 0 Å². The molecule has 1 aromatic carbocycles. The molecule has 20 heavy (non-hydrogen) atoms. The summed E-state index contributed by atoms with van der Waals surface area (Å²) in [7, 11) is 0. The summed E-state index contributed by atoms with van der Waals surface area (Å²) in [6, 6.07) is 10.7. The lowest BCUT2D eigenvalue weighted by Crippen LogP contribution is -2.12. The second kappa shape index (κ2) is 4.27. The van der Waals surface area contributed by atoms with Crippen molar-refractivity contribution in [3.05, 3.63) is 47.5 Å². The van der Waals surface area contributed by atoms with Crippen LogP contribution in [0.25, 0.3) is 0 Å². The summed E-state index contributed by atoms with van der Waals surface area (Å²) in [5.74, 6) is 2.63. The summed E-state index contributed by atoms with van der Waals surface area (Å²) in [6.07, 6.45) is 2.56. The van der Waals surface area contributed by atoms with Crippen LogP contribution in [0, 0.1) is 5.92 Å². The van der Waals surface area contributed by atoms with Gasteiger partial charge in [-0.2, -0.15) is 0 Å². The Morgan fingerprint density at radius 1 is 1.35 bits per heavy atom. The molecule has 1 aliphatic heterocycles. The van der Waals surface area contributed by atoms with Crippen LogP contribution < -0.4 is 0 Å². The maximum Gasteiger partial charge on any atom is 0.217 e. The molecule has 0 radical (unpaired) electrons. The smallest absolute Gasteiger partial charge is 0.217 e. The number of ketones is 1. The minimum absolute atomic E-state index is 0.0680. The fraction of sp³-hybridized carbons (Fsp3) is 0.438. The molecule has 1 fully saturated rings. The van der Waals surface area contributed by atoms with Crippen LogP contribution in [-0.4, -0.2) is 20.5 Å². The number of aromatic nitrogens is 3. The van der Waals surface area contributed by atoms with Gasteiger partial charge in [-0.15, -0.1) is 5.10 Å². The van der Waals surface area contributed by atoms with Gasteiger partial charge in [-0.25, -0.2) is 9.67 Å². The third kappa shape index (κ3) is 1.64. The van der Waals surface area contributed by atoms with Crippen LogP contribution in [0.2, 0.25) is 0 Å². The molecule has 4 rings (SSSR count). The van der Waals surface area contributed by atoms with E-state index < -0.39 is 0 Å². The van der Waals surface area contributed by atoms with Crippen LogP contribution in [0.5, 0.6) is 0 Å². The van der Waals surface area contributed by atoms with Crippen molar-refractivity contribution >= 4 is 5.78 Å². The van der Waals surface area contributed by atoms with Crippen LogP contribution in [0.3, 0.4) is 0 Å². The summed E-state index contributed by atoms with van der Waals surface area (Å²) in [5, 5.41) is 4.50. The number of rotatable bonds is 4. The van der Waals surface area contributed by atoms with Crippen molar-refractivity contribution in [2.75, 3.05) is 0 Å². The first kappa shape index (κ1) is 11.8. The van der Waals surface area contributed by atoms with Gasteiger partial charge in [0.05, 0.1) is 6.04 Å². The normalized spacial score (nSPS) is 26.1. The lowest BCUT2D eigenvalue weighted by Gasteiger charge is -2.14. The third-order valence-corrected chi connectivity index (χ3v) is 4.37. The zero-order valence-electron chi connectivity index (χ0n) is 11.5. The summed E-state index contributed by atoms with van der Waals surface area (Å²) in [4.78, 5) is 16.5. The molecule has 1 aliphatic carbocycles. The Kier molecular flexibility index (Phi) is 2.52. The topological polar surface area (TPSA) is 47.8 Å². The van der Waals surface area contributed by atoms with E-state index in [1.165, 1.54) is 12.0 Å². The minimum Gasteiger partial charge on any atom is -0.291 e. The van der Waals surface area contributed by atoms with Gasteiger partial charge in [-0.1, -0.05) is 37.3 Å². The van der Waals surface area contributed by atoms with Crippen LogP contribution in [-0.2, 0) is 0 Å². The molecule has 3 atom stereocenters. The molecule has 0 spiro atoms. The molecule has 0 bridgehead atoms. The summed E-state index contributed by atoms with van der Waals surface area (Å²) < 4.78 is 2.00. The van der Waals surface area contributed by atoms with Crippen molar-refractivity contribution in [1.82, 2.24) is 14.8 Å². The SMILES string of the molecule is CCCC(=O)c1nc2n(n1)C(c1ccccc1)C1CC21. The molecule has 2 aliphatic rings. The van der Waals surface area contributed by atoms with E-state index in [-0.39, 0.29) is 11.8 Å². The Bertz CT molecular complexity index is 662. The fourth-order valence-corrected chi connectivity index (χ4v) is 3.33. The van der Waals surface area contributed by atoms with Crippen molar-refractivity contribution in [3.63, 3.8) is 0 Å². The van der Waals surface area contributed by atoms with Gasteiger partial charge in [0.1, 0.15) is 5.82 Å². The first-order valence-electron chi connectivity index (χ1n) is 7.34. The number of Topliss-reactive ketones (excluding diaryl/α,β-unsaturated/α-hetero) is 1. The van der Waals surface area contributed by atoms with E-state index in [9.17, 15) is 4.79 Å². The third-order valence-electron chi connectivity index (χ3n) is 4.37. The molecular weight excluding hydrogens is 250 g/mol. The molecule has 1 saturated carbocycles. The monoisotopic (exact) mass is 267 g/mol. The summed E-state index contributed by atoms with van der Waals surface area (Å²) in [5.41, 5.74) is 1.28. The lowest BCUT2D eigenvalue weighted by atomic mass is 10.0. The van der Waals surface area contributed by atoms with Gasteiger partial charge in [0.2, 0.25) is 11.6 Å². The molecule has 1 aromatic heterocycles. The highest BCUT2D eigenvalue weighted by Gasteiger charge is 2.55. The van der Waals surface area contributed by atoms with E-state index in [2.05, 4.69) is 34.3 Å². The van der Waals surface area contributed by atoms with Crippen molar-refractivity contribution < 1.29 is 4.79 Å². The number of nitrogens with zero attached hydrogens (tertiary/aromatic N) is 3. The highest BCUT2D eigenvalue weighted by Crippen LogP contribution is 2.60. The van der Waals surface area contributed by atoms with E-state index in [4.69, 9.17) is 0 Å². The molecule has 2 heterocycles. The largest absolute Gasteiger partial charge is 0.291 e. The average molecular weight is 267 g/mol. The summed E-state index contributed by atoms with van der Waals surface area (Å²) in [6.45, 7) is 2.01. The minimum atomic E-state index is 0.0680. The lowest BCUT2D eigenvalue weighted by molar-refractivity contribution is 0.0971. The highest BCUT2D eigenvalue weighted by molar-refractivity contribution is 5.92. The van der Waals surface area contributed by atoms with Crippen LogP contribution >= 0.6 is 0 Å². The Balaban J connectivity index is 1.72. The van der Waals surface area contributed by atoms with Gasteiger partial charge in [0.15, 0.2) is 0 Å². The van der Waals surface area contributed by atoms with Crippen molar-refractivity contribution in [1.29, 1.82) is 0 Å². The summed E-state index contributed by atoms with van der Waals surface area (Å²) >= 11 is 0. The van der Waals surface area contributed by atoms with Gasteiger partial charge in [-0.05, 0) is 24.3 Å². The Morgan fingerprint density at radius 2 is 2.15 bits per heavy atom. The molecule has 4 nitrogen and oxygen atoms in total. The van der Waals surface area contributed by atoms with Gasteiger partial charge < -0.3 is 0 Å². The molecule has 0 saturated heterocycles. The zero-order valence-corrected chi connectivity index (χ0v) is 11.5. The fourth-order valence-electron chi connectivity index (χ4n) is 3.33. The van der Waals surface area contributed by atoms with E-state index >= 15 is 0 Å². The Morgan fingerprint density at radius 3 is 2.90 bits per heavy atom. The van der Waals surface area contributed by atoms with E-state index in [0.717, 1.165) is 12.2 Å². The Hall–Kier alpha value is -1.97. The quantitative estimate of drug-likeness (QED) is 0.800. The maximum atomic E-state index is 12.0. The number of carbonyl (C=O) groups is 1. The Labute approximate surface area is 117 Å². The number of hydrogen-bond donors (Lipinski definition) is 0. The van der Waals surface area contributed by atoms with Crippen molar-refractivity contribution in [2.24, 2.45) is 5.92 Å². The van der Waals surface area contributed by atoms with Crippen LogP contribution in [0.15, 0.2) is 30.3 Å². The van der Waals surface area contributed by atoms with Crippen LogP contribution in [0.4, 0.5) is 0 Å². The number of hydrogen-bond acceptors (Lipinski definition) is 3. The average Bonchev–Trinajstić information content (AvgIpc) is 3.00. The number of fused-ring (bicyclic) bond motifs is 3. The predicted octanol–water partition coefficient (Wildman–Crippen LogP) is 2.97. The molecule has 0 N–H and O–H groups in total. The maximum absolute atomic E-state index is 12.0. The van der Waals surface area contributed by atoms with Gasteiger partial charge in [0, 0.05) is 12.3 Å². The standard InChI is InChI=1S/C16H17N3O/c1-2-6-13(20)15-17-16-12-9-11(12)14(19(16)18-15)10-7-4-3-5-8-10/h3-5,7-8,11-12,14H,2,6,9H2,1H3. The van der Waals surface area contributed by atoms with Gasteiger partial charge in [0.25, 0.3) is 0 Å². The van der Waals surface area contributed by atoms with Crippen LogP contribution in [0.1, 0.15) is 60.2 Å². The van der Waals surface area contributed by atoms with Gasteiger partial charge in [-0.3, -0.25) is 4.79 Å². The van der Waals surface area contributed by atoms with E-state index in [1.54, 1.807) is 0 Å². The number of carbonyl (C=O) groups excluding carboxylic acids is 1. The molecule has 2 aromatic rings. The first-order valence-corrected chi connectivity index (χ1v) is 7.34. The molecule has 4 heteroatoms. The second-order valence-electron chi connectivity index (χ2n) is 5.77. The molecule has 0 amide bonds. The second-order valence-corrected chi connectivity index (χ2v) is 5.77. The zero-order chi connectivity index (χ0) is 13.7. The van der Waals surface area contributed by atoms with E-state index in [1.807, 2.05) is 17.7 Å². The number of benzene rings is 1. The molecule has 3 unspecified atom stereocenters. The van der Waals surface area contributed by atoms with Gasteiger partial charge >= 0.3 is 0 Å². The van der Waals surface area contributed by atoms with E-state index in [0.29, 0.717) is 24.1 Å². The molecule has 102 valence electrons. The predicted molar refractivity (Wildman–Crippen MR) is 74.7 cm³/mol. The highest BCUT2D eigenvalue weighted by atomic mass is 16.1.